The molecule has 0 spiro atoms. The van der Waals surface area contributed by atoms with Crippen LogP contribution >= 0.6 is 15.9 Å². The van der Waals surface area contributed by atoms with Gasteiger partial charge in [-0.15, -0.1) is 10.2 Å². The van der Waals surface area contributed by atoms with Crippen molar-refractivity contribution in [2.75, 3.05) is 19.7 Å². The Morgan fingerprint density at radius 3 is 2.58 bits per heavy atom. The minimum atomic E-state index is 0.0727. The van der Waals surface area contributed by atoms with E-state index in [4.69, 9.17) is 9.15 Å². The zero-order chi connectivity index (χ0) is 17.8. The SMILES string of the molecule is Brc1ccc(C2CN(Cc3nnc(Cc4ccccc4)o3)CCO2)cc1. The predicted molar refractivity (Wildman–Crippen MR) is 102 cm³/mol. The molecule has 1 atom stereocenters. The van der Waals surface area contributed by atoms with Crippen molar-refractivity contribution in [3.05, 3.63) is 82.0 Å². The van der Waals surface area contributed by atoms with Gasteiger partial charge in [-0.3, -0.25) is 4.90 Å². The second-order valence-electron chi connectivity index (χ2n) is 6.40. The third kappa shape index (κ3) is 4.38. The van der Waals surface area contributed by atoms with Gasteiger partial charge in [-0.2, -0.15) is 0 Å². The Morgan fingerprint density at radius 1 is 1.00 bits per heavy atom. The molecule has 0 N–H and O–H groups in total. The Bertz CT molecular complexity index is 836. The molecule has 0 saturated carbocycles. The third-order valence-corrected chi connectivity index (χ3v) is 4.99. The van der Waals surface area contributed by atoms with Crippen molar-refractivity contribution in [3.8, 4) is 0 Å². The average Bonchev–Trinajstić information content (AvgIpc) is 3.10. The lowest BCUT2D eigenvalue weighted by Gasteiger charge is -2.32. The summed E-state index contributed by atoms with van der Waals surface area (Å²) in [6.45, 7) is 3.03. The van der Waals surface area contributed by atoms with Crippen LogP contribution in [0.15, 0.2) is 63.5 Å². The first-order valence-corrected chi connectivity index (χ1v) is 9.50. The lowest BCUT2D eigenvalue weighted by molar-refractivity contribution is -0.0352. The highest BCUT2D eigenvalue weighted by atomic mass is 79.9. The van der Waals surface area contributed by atoms with E-state index in [0.29, 0.717) is 31.4 Å². The molecule has 26 heavy (non-hydrogen) atoms. The standard InChI is InChI=1S/C20H20BrN3O2/c21-17-8-6-16(7-9-17)18-13-24(10-11-25-18)14-20-23-22-19(26-20)12-15-4-2-1-3-5-15/h1-9,18H,10-14H2. The summed E-state index contributed by atoms with van der Waals surface area (Å²) in [4.78, 5) is 2.30. The fourth-order valence-electron chi connectivity index (χ4n) is 3.11. The number of nitrogens with zero attached hydrogens (tertiary/aromatic N) is 3. The van der Waals surface area contributed by atoms with E-state index in [2.05, 4.69) is 55.3 Å². The topological polar surface area (TPSA) is 51.4 Å². The first-order chi connectivity index (χ1) is 12.8. The van der Waals surface area contributed by atoms with Gasteiger partial charge in [0.2, 0.25) is 11.8 Å². The van der Waals surface area contributed by atoms with Crippen molar-refractivity contribution in [2.45, 2.75) is 19.1 Å². The molecule has 0 bridgehead atoms. The quantitative estimate of drug-likeness (QED) is 0.632. The van der Waals surface area contributed by atoms with E-state index in [9.17, 15) is 0 Å². The van der Waals surface area contributed by atoms with Crippen LogP contribution in [-0.2, 0) is 17.7 Å². The molecule has 0 amide bonds. The molecule has 6 heteroatoms. The number of morpholine rings is 1. The molecular formula is C20H20BrN3O2. The van der Waals surface area contributed by atoms with Gasteiger partial charge in [0.05, 0.1) is 25.7 Å². The van der Waals surface area contributed by atoms with E-state index in [-0.39, 0.29) is 6.10 Å². The van der Waals surface area contributed by atoms with Gasteiger partial charge in [0.1, 0.15) is 0 Å². The van der Waals surface area contributed by atoms with Gasteiger partial charge in [0, 0.05) is 17.6 Å². The Morgan fingerprint density at radius 2 is 1.77 bits per heavy atom. The second kappa shape index (κ2) is 8.12. The first kappa shape index (κ1) is 17.4. The van der Waals surface area contributed by atoms with Gasteiger partial charge in [0.15, 0.2) is 0 Å². The van der Waals surface area contributed by atoms with Crippen LogP contribution < -0.4 is 0 Å². The normalized spacial score (nSPS) is 18.1. The fourth-order valence-corrected chi connectivity index (χ4v) is 3.38. The van der Waals surface area contributed by atoms with Gasteiger partial charge < -0.3 is 9.15 Å². The number of halogens is 1. The monoisotopic (exact) mass is 413 g/mol. The van der Waals surface area contributed by atoms with E-state index >= 15 is 0 Å². The zero-order valence-corrected chi connectivity index (χ0v) is 15.9. The largest absolute Gasteiger partial charge is 0.424 e. The number of rotatable bonds is 5. The van der Waals surface area contributed by atoms with E-state index in [1.807, 2.05) is 30.3 Å². The lowest BCUT2D eigenvalue weighted by atomic mass is 10.1. The fraction of sp³-hybridized carbons (Fsp3) is 0.300. The van der Waals surface area contributed by atoms with Crippen molar-refractivity contribution in [2.24, 2.45) is 0 Å². The van der Waals surface area contributed by atoms with E-state index < -0.39 is 0 Å². The summed E-state index contributed by atoms with van der Waals surface area (Å²) in [6.07, 6.45) is 0.738. The number of benzene rings is 2. The average molecular weight is 414 g/mol. The minimum Gasteiger partial charge on any atom is -0.424 e. The number of hydrogen-bond acceptors (Lipinski definition) is 5. The van der Waals surface area contributed by atoms with Crippen molar-refractivity contribution in [1.82, 2.24) is 15.1 Å². The molecule has 1 aromatic heterocycles. The van der Waals surface area contributed by atoms with Crippen molar-refractivity contribution in [3.63, 3.8) is 0 Å². The zero-order valence-electron chi connectivity index (χ0n) is 14.3. The molecule has 2 aromatic carbocycles. The molecule has 1 aliphatic rings. The van der Waals surface area contributed by atoms with Gasteiger partial charge in [-0.25, -0.2) is 0 Å². The molecular weight excluding hydrogens is 394 g/mol. The Balaban J connectivity index is 1.37. The molecule has 5 nitrogen and oxygen atoms in total. The Kier molecular flexibility index (Phi) is 5.43. The molecule has 0 aliphatic carbocycles. The molecule has 1 fully saturated rings. The summed E-state index contributed by atoms with van der Waals surface area (Å²) in [5, 5.41) is 8.39. The van der Waals surface area contributed by atoms with Crippen LogP contribution in [0.4, 0.5) is 0 Å². The smallest absolute Gasteiger partial charge is 0.230 e. The molecule has 1 saturated heterocycles. The Labute approximate surface area is 161 Å². The van der Waals surface area contributed by atoms with Crippen molar-refractivity contribution >= 4 is 15.9 Å². The Hall–Kier alpha value is -2.02. The summed E-state index contributed by atoms with van der Waals surface area (Å²) in [5.41, 5.74) is 2.36. The maximum absolute atomic E-state index is 5.93. The molecule has 2 heterocycles. The van der Waals surface area contributed by atoms with Crippen molar-refractivity contribution < 1.29 is 9.15 Å². The van der Waals surface area contributed by atoms with E-state index in [1.54, 1.807) is 0 Å². The van der Waals surface area contributed by atoms with Crippen LogP contribution in [0.1, 0.15) is 29.0 Å². The summed E-state index contributed by atoms with van der Waals surface area (Å²) in [7, 11) is 0. The number of hydrogen-bond donors (Lipinski definition) is 0. The molecule has 4 rings (SSSR count). The highest BCUT2D eigenvalue weighted by Gasteiger charge is 2.23. The van der Waals surface area contributed by atoms with Gasteiger partial charge in [0.25, 0.3) is 0 Å². The van der Waals surface area contributed by atoms with E-state index in [0.717, 1.165) is 17.6 Å². The van der Waals surface area contributed by atoms with Crippen LogP contribution in [0.5, 0.6) is 0 Å². The first-order valence-electron chi connectivity index (χ1n) is 8.71. The highest BCUT2D eigenvalue weighted by molar-refractivity contribution is 9.10. The summed E-state index contributed by atoms with van der Waals surface area (Å²) < 4.78 is 12.8. The lowest BCUT2D eigenvalue weighted by Crippen LogP contribution is -2.37. The molecule has 1 unspecified atom stereocenters. The van der Waals surface area contributed by atoms with E-state index in [1.165, 1.54) is 11.1 Å². The van der Waals surface area contributed by atoms with Crippen molar-refractivity contribution in [1.29, 1.82) is 0 Å². The van der Waals surface area contributed by atoms with Crippen LogP contribution in [0.2, 0.25) is 0 Å². The second-order valence-corrected chi connectivity index (χ2v) is 7.31. The van der Waals surface area contributed by atoms with Crippen LogP contribution in [0.3, 0.4) is 0 Å². The van der Waals surface area contributed by atoms with Gasteiger partial charge in [-0.05, 0) is 23.3 Å². The number of aromatic nitrogens is 2. The summed E-state index contributed by atoms with van der Waals surface area (Å²) >= 11 is 3.47. The van der Waals surface area contributed by atoms with Gasteiger partial charge in [-0.1, -0.05) is 58.4 Å². The summed E-state index contributed by atoms with van der Waals surface area (Å²) in [6, 6.07) is 18.5. The molecule has 1 aliphatic heterocycles. The number of ether oxygens (including phenoxy) is 1. The molecule has 0 radical (unpaired) electrons. The highest BCUT2D eigenvalue weighted by Crippen LogP contribution is 2.24. The molecule has 3 aromatic rings. The van der Waals surface area contributed by atoms with Crippen LogP contribution in [-0.4, -0.2) is 34.8 Å². The van der Waals surface area contributed by atoms with Gasteiger partial charge >= 0.3 is 0 Å². The molecule has 134 valence electrons. The predicted octanol–water partition coefficient (Wildman–Crippen LogP) is 4.00. The minimum absolute atomic E-state index is 0.0727. The third-order valence-electron chi connectivity index (χ3n) is 4.46. The maximum Gasteiger partial charge on any atom is 0.230 e. The van der Waals surface area contributed by atoms with Crippen LogP contribution in [0, 0.1) is 0 Å². The van der Waals surface area contributed by atoms with Crippen LogP contribution in [0.25, 0.3) is 0 Å². The maximum atomic E-state index is 5.93. The summed E-state index contributed by atoms with van der Waals surface area (Å²) in [5.74, 6) is 1.32.